The predicted octanol–water partition coefficient (Wildman–Crippen LogP) is 0.546. The molecule has 10 heteroatoms. The molecular weight excluding hydrogens is 394 g/mol. The monoisotopic (exact) mass is 409 g/mol. The van der Waals surface area contributed by atoms with Gasteiger partial charge in [-0.2, -0.15) is 0 Å². The summed E-state index contributed by atoms with van der Waals surface area (Å²) in [5.74, 6) is -0.00810. The second-order valence-corrected chi connectivity index (χ2v) is 9.59. The number of alkyl halides is 4. The Morgan fingerprint density at radius 3 is 2.55 bits per heavy atom. The summed E-state index contributed by atoms with van der Waals surface area (Å²) < 4.78 is 26.1. The molecule has 0 radical (unpaired) electrons. The number of hydrogen-bond donors (Lipinski definition) is 2. The maximum absolute atomic E-state index is 11.6. The molecule has 0 amide bonds. The molecule has 1 fully saturated rings. The molecule has 0 aromatic rings. The van der Waals surface area contributed by atoms with Crippen LogP contribution in [0.5, 0.6) is 0 Å². The van der Waals surface area contributed by atoms with Crippen LogP contribution in [0.1, 0.15) is 0 Å². The Hall–Kier alpha value is -0.140. The van der Waals surface area contributed by atoms with Gasteiger partial charge in [0.2, 0.25) is 0 Å². The summed E-state index contributed by atoms with van der Waals surface area (Å²) in [7, 11) is -1.63. The van der Waals surface area contributed by atoms with E-state index in [-0.39, 0.29) is 17.3 Å². The third-order valence-corrected chi connectivity index (χ3v) is 5.70. The maximum Gasteiger partial charge on any atom is 0.296 e. The van der Waals surface area contributed by atoms with E-state index in [0.717, 1.165) is 0 Å². The van der Waals surface area contributed by atoms with E-state index in [4.69, 9.17) is 51.1 Å². The van der Waals surface area contributed by atoms with Crippen LogP contribution in [0.3, 0.4) is 0 Å². The molecule has 5 nitrogen and oxygen atoms in total. The van der Waals surface area contributed by atoms with Crippen molar-refractivity contribution >= 4 is 62.1 Å². The summed E-state index contributed by atoms with van der Waals surface area (Å²) in [6, 6.07) is -0.512. The van der Waals surface area contributed by atoms with E-state index < -0.39 is 25.0 Å². The maximum atomic E-state index is 11.6. The summed E-state index contributed by atoms with van der Waals surface area (Å²) in [4.78, 5) is 2.91. The Kier molecular flexibility index (Phi) is 7.82. The molecule has 1 aliphatic heterocycles. The van der Waals surface area contributed by atoms with Gasteiger partial charge in [-0.3, -0.25) is 10.3 Å². The molecule has 1 aliphatic rings. The Bertz CT molecular complexity index is 555. The second-order valence-electron chi connectivity index (χ2n) is 4.59. The molecule has 0 aromatic carbocycles. The van der Waals surface area contributed by atoms with Gasteiger partial charge in [0.15, 0.2) is 9.84 Å². The fraction of sp³-hybridized carbons (Fsp3) is 0.583. The number of amidine groups is 1. The van der Waals surface area contributed by atoms with Gasteiger partial charge >= 0.3 is 0 Å². The average Bonchev–Trinajstić information content (AvgIpc) is 2.63. The zero-order chi connectivity index (χ0) is 16.8. The molecule has 126 valence electrons. The van der Waals surface area contributed by atoms with Crippen LogP contribution in [-0.2, 0) is 14.6 Å². The number of methoxy groups -OCH3 is 1. The van der Waals surface area contributed by atoms with Crippen LogP contribution in [0.2, 0.25) is 0 Å². The van der Waals surface area contributed by atoms with Crippen molar-refractivity contribution in [2.75, 3.05) is 25.2 Å². The minimum Gasteiger partial charge on any atom is -0.504 e. The quantitative estimate of drug-likeness (QED) is 0.228. The molecule has 0 unspecified atom stereocenters. The van der Waals surface area contributed by atoms with Gasteiger partial charge in [-0.05, 0) is 12.2 Å². The third kappa shape index (κ3) is 6.96. The minimum absolute atomic E-state index is 0.0962. The number of allylic oxidation sites excluding steroid dienone is 2. The Morgan fingerprint density at radius 2 is 2.05 bits per heavy atom. The Morgan fingerprint density at radius 1 is 1.36 bits per heavy atom. The molecule has 0 saturated carbocycles. The standard InChI is InChI=1S/C12H16Cl4N2O3S/c1-21-6-4-2-3-5-17-11(12(14,15)16)18-10-8-22(19,20)7-9(10)13/h2-4,6,9-10H,5,7-8H2,1H3,(H,17,18)/p+1/b3-2+,6-4-/t9-,10+/m1/s1. The summed E-state index contributed by atoms with van der Waals surface area (Å²) in [6.45, 7) is 0.372. The Labute approximate surface area is 150 Å². The van der Waals surface area contributed by atoms with Crippen LogP contribution in [-0.4, -0.2) is 54.6 Å². The van der Waals surface area contributed by atoms with E-state index in [0.29, 0.717) is 6.54 Å². The second kappa shape index (κ2) is 8.64. The van der Waals surface area contributed by atoms with Crippen molar-refractivity contribution in [3.05, 3.63) is 24.5 Å². The van der Waals surface area contributed by atoms with Crippen molar-refractivity contribution in [3.8, 4) is 0 Å². The molecule has 2 atom stereocenters. The van der Waals surface area contributed by atoms with Gasteiger partial charge < -0.3 is 4.74 Å². The summed E-state index contributed by atoms with van der Waals surface area (Å²) in [5, 5.41) is 2.31. The van der Waals surface area contributed by atoms with Crippen LogP contribution in [0, 0.1) is 0 Å². The largest absolute Gasteiger partial charge is 0.504 e. The van der Waals surface area contributed by atoms with E-state index in [9.17, 15) is 8.42 Å². The van der Waals surface area contributed by atoms with Gasteiger partial charge in [0.1, 0.15) is 12.6 Å². The highest BCUT2D eigenvalue weighted by Gasteiger charge is 2.44. The molecule has 0 aliphatic carbocycles. The zero-order valence-electron chi connectivity index (χ0n) is 11.7. The van der Waals surface area contributed by atoms with Gasteiger partial charge in [0.25, 0.3) is 9.63 Å². The first kappa shape index (κ1) is 19.9. The highest BCUT2D eigenvalue weighted by Crippen LogP contribution is 2.26. The van der Waals surface area contributed by atoms with Crippen molar-refractivity contribution in [2.24, 2.45) is 0 Å². The topological polar surface area (TPSA) is 69.4 Å². The lowest BCUT2D eigenvalue weighted by Gasteiger charge is -2.15. The van der Waals surface area contributed by atoms with Crippen LogP contribution >= 0.6 is 46.4 Å². The lowest BCUT2D eigenvalue weighted by atomic mass is 10.2. The fourth-order valence-corrected chi connectivity index (χ4v) is 4.70. The van der Waals surface area contributed by atoms with E-state index in [1.54, 1.807) is 25.3 Å². The van der Waals surface area contributed by atoms with Crippen molar-refractivity contribution in [3.63, 3.8) is 0 Å². The number of rotatable bonds is 5. The predicted molar refractivity (Wildman–Crippen MR) is 91.6 cm³/mol. The normalized spacial score (nSPS) is 26.0. The van der Waals surface area contributed by atoms with Crippen molar-refractivity contribution in [1.29, 1.82) is 0 Å². The van der Waals surface area contributed by atoms with E-state index >= 15 is 0 Å². The number of sulfone groups is 1. The van der Waals surface area contributed by atoms with Crippen LogP contribution in [0.4, 0.5) is 0 Å². The smallest absolute Gasteiger partial charge is 0.296 e. The van der Waals surface area contributed by atoms with Gasteiger partial charge in [-0.1, -0.05) is 40.9 Å². The van der Waals surface area contributed by atoms with Crippen LogP contribution < -0.4 is 10.3 Å². The average molecular weight is 411 g/mol. The molecule has 0 aromatic heterocycles. The molecule has 22 heavy (non-hydrogen) atoms. The highest BCUT2D eigenvalue weighted by atomic mass is 35.6. The number of halogens is 4. The number of hydrogen-bond acceptors (Lipinski definition) is 3. The number of nitrogens with one attached hydrogen (secondary N) is 2. The molecular formula is C12H17Cl4N2O3S+. The van der Waals surface area contributed by atoms with E-state index in [2.05, 4.69) is 10.3 Å². The van der Waals surface area contributed by atoms with Gasteiger partial charge in [0, 0.05) is 0 Å². The minimum atomic E-state index is -3.17. The van der Waals surface area contributed by atoms with Gasteiger partial charge in [-0.15, -0.1) is 11.6 Å². The molecule has 0 bridgehead atoms. The number of ether oxygens (including phenoxy) is 1. The SMILES string of the molecule is CO/C=C\C=C\C[NH+]=C(N[C@H]1CS(=O)(=O)C[C@H]1Cl)C(Cl)(Cl)Cl. The van der Waals surface area contributed by atoms with Crippen LogP contribution in [0.25, 0.3) is 0 Å². The first-order valence-electron chi connectivity index (χ1n) is 6.29. The van der Waals surface area contributed by atoms with Gasteiger partial charge in [-0.25, -0.2) is 8.42 Å². The molecule has 1 heterocycles. The molecule has 1 saturated heterocycles. The Balaban J connectivity index is 2.74. The summed E-state index contributed by atoms with van der Waals surface area (Å²) in [6.07, 6.45) is 6.73. The first-order chi connectivity index (χ1) is 10.2. The summed E-state index contributed by atoms with van der Waals surface area (Å²) in [5.41, 5.74) is 0. The molecule has 2 N–H and O–H groups in total. The van der Waals surface area contributed by atoms with E-state index in [1.807, 2.05) is 0 Å². The van der Waals surface area contributed by atoms with E-state index in [1.165, 1.54) is 6.26 Å². The lowest BCUT2D eigenvalue weighted by Crippen LogP contribution is -2.79. The lowest BCUT2D eigenvalue weighted by molar-refractivity contribution is -0.448. The third-order valence-electron chi connectivity index (χ3n) is 2.75. The summed E-state index contributed by atoms with van der Waals surface area (Å²) >= 11 is 23.7. The van der Waals surface area contributed by atoms with Crippen molar-refractivity contribution in [2.45, 2.75) is 15.2 Å². The fourth-order valence-electron chi connectivity index (χ4n) is 1.79. The zero-order valence-corrected chi connectivity index (χ0v) is 15.6. The molecule has 0 spiro atoms. The van der Waals surface area contributed by atoms with Gasteiger partial charge in [0.05, 0.1) is 30.3 Å². The molecule has 1 rings (SSSR count). The first-order valence-corrected chi connectivity index (χ1v) is 9.68. The highest BCUT2D eigenvalue weighted by molar-refractivity contribution is 7.91. The van der Waals surface area contributed by atoms with Crippen molar-refractivity contribution < 1.29 is 18.1 Å². The van der Waals surface area contributed by atoms with Crippen molar-refractivity contribution in [1.82, 2.24) is 5.32 Å². The van der Waals surface area contributed by atoms with Crippen LogP contribution in [0.15, 0.2) is 24.5 Å².